The van der Waals surface area contributed by atoms with Crippen molar-refractivity contribution in [3.63, 3.8) is 0 Å². The zero-order valence-corrected chi connectivity index (χ0v) is 12.8. The van der Waals surface area contributed by atoms with Gasteiger partial charge in [0.1, 0.15) is 0 Å². The summed E-state index contributed by atoms with van der Waals surface area (Å²) in [6, 6.07) is 15.6. The fraction of sp³-hybridized carbons (Fsp3) is 0.167. The van der Waals surface area contributed by atoms with Crippen LogP contribution in [0.5, 0.6) is 0 Å². The maximum atomic E-state index is 12.2. The number of carbonyl (C=O) groups is 1. The van der Waals surface area contributed by atoms with E-state index in [2.05, 4.69) is 6.58 Å². The Labute approximate surface area is 134 Å². The third-order valence-electron chi connectivity index (χ3n) is 3.63. The number of hydrogen-bond donors (Lipinski definition) is 0. The minimum atomic E-state index is -0.769. The van der Waals surface area contributed by atoms with Crippen molar-refractivity contribution in [2.45, 2.75) is 12.3 Å². The van der Waals surface area contributed by atoms with Gasteiger partial charge in [-0.25, -0.2) is 0 Å². The minimum absolute atomic E-state index is 0.0937. The van der Waals surface area contributed by atoms with E-state index in [9.17, 15) is 14.9 Å². The molecule has 0 spiro atoms. The van der Waals surface area contributed by atoms with Crippen LogP contribution in [0.15, 0.2) is 61.2 Å². The second-order valence-electron chi connectivity index (χ2n) is 5.07. The summed E-state index contributed by atoms with van der Waals surface area (Å²) in [6.07, 6.45) is 0.252. The first-order valence-electron chi connectivity index (χ1n) is 7.09. The van der Waals surface area contributed by atoms with Crippen LogP contribution in [-0.2, 0) is 9.53 Å². The molecule has 0 aliphatic rings. The van der Waals surface area contributed by atoms with Gasteiger partial charge >= 0.3 is 5.97 Å². The Morgan fingerprint density at radius 3 is 2.39 bits per heavy atom. The van der Waals surface area contributed by atoms with Gasteiger partial charge in [0.15, 0.2) is 0 Å². The molecule has 0 saturated heterocycles. The smallest absolute Gasteiger partial charge is 0.313 e. The molecular formula is C18H17NO4. The molecule has 0 aliphatic heterocycles. The van der Waals surface area contributed by atoms with Gasteiger partial charge in [-0.05, 0) is 17.6 Å². The van der Waals surface area contributed by atoms with Crippen LogP contribution < -0.4 is 0 Å². The summed E-state index contributed by atoms with van der Waals surface area (Å²) in [5.41, 5.74) is 1.85. The Morgan fingerprint density at radius 2 is 1.78 bits per heavy atom. The molecule has 5 heteroatoms. The van der Waals surface area contributed by atoms with Gasteiger partial charge in [-0.3, -0.25) is 14.9 Å². The average Bonchev–Trinajstić information content (AvgIpc) is 2.59. The largest absolute Gasteiger partial charge is 0.469 e. The number of nitro benzene ring substituents is 1. The molecule has 0 N–H and O–H groups in total. The van der Waals surface area contributed by atoms with E-state index in [4.69, 9.17) is 4.74 Å². The summed E-state index contributed by atoms with van der Waals surface area (Å²) in [7, 11) is 1.27. The molecule has 1 atom stereocenters. The number of allylic oxidation sites excluding steroid dienone is 1. The first-order valence-corrected chi connectivity index (χ1v) is 7.09. The highest BCUT2D eigenvalue weighted by atomic mass is 16.6. The van der Waals surface area contributed by atoms with Crippen LogP contribution in [0.2, 0.25) is 0 Å². The fourth-order valence-electron chi connectivity index (χ4n) is 2.45. The summed E-state index contributed by atoms with van der Waals surface area (Å²) in [4.78, 5) is 22.9. The monoisotopic (exact) mass is 311 g/mol. The number of para-hydroxylation sites is 1. The highest BCUT2D eigenvalue weighted by molar-refractivity contribution is 5.82. The number of ether oxygens (including phenoxy) is 1. The van der Waals surface area contributed by atoms with Crippen molar-refractivity contribution in [1.82, 2.24) is 0 Å². The van der Waals surface area contributed by atoms with Gasteiger partial charge in [-0.15, -0.1) is 0 Å². The number of hydrogen-bond acceptors (Lipinski definition) is 4. The lowest BCUT2D eigenvalue weighted by molar-refractivity contribution is -0.385. The highest BCUT2D eigenvalue weighted by Crippen LogP contribution is 2.34. The quantitative estimate of drug-likeness (QED) is 0.460. The van der Waals surface area contributed by atoms with E-state index >= 15 is 0 Å². The molecule has 5 nitrogen and oxygen atoms in total. The van der Waals surface area contributed by atoms with Gasteiger partial charge in [0.2, 0.25) is 0 Å². The first-order chi connectivity index (χ1) is 11.0. The molecule has 0 saturated carbocycles. The third kappa shape index (κ3) is 3.83. The highest BCUT2D eigenvalue weighted by Gasteiger charge is 2.29. The second-order valence-corrected chi connectivity index (χ2v) is 5.07. The summed E-state index contributed by atoms with van der Waals surface area (Å²) in [6.45, 7) is 4.00. The lowest BCUT2D eigenvalue weighted by Gasteiger charge is -2.16. The number of methoxy groups -OCH3 is 1. The van der Waals surface area contributed by atoms with E-state index in [1.807, 2.05) is 30.3 Å². The second kappa shape index (κ2) is 7.35. The zero-order valence-electron chi connectivity index (χ0n) is 12.8. The van der Waals surface area contributed by atoms with Crippen LogP contribution in [0.3, 0.4) is 0 Å². The Bertz CT molecular complexity index is 725. The molecule has 0 aromatic heterocycles. The lowest BCUT2D eigenvalue weighted by atomic mass is 9.89. The standard InChI is InChI=1S/C18H17NO4/c1-13(14-8-4-3-5-9-14)12-16(18(20)23-2)15-10-6-7-11-17(15)19(21)22/h3-11,16H,1,12H2,2H3/t16-/m0/s1. The van der Waals surface area contributed by atoms with Crippen LogP contribution in [0.25, 0.3) is 5.57 Å². The molecular weight excluding hydrogens is 294 g/mol. The minimum Gasteiger partial charge on any atom is -0.469 e. The van der Waals surface area contributed by atoms with Gasteiger partial charge in [-0.1, -0.05) is 55.1 Å². The van der Waals surface area contributed by atoms with Crippen molar-refractivity contribution >= 4 is 17.2 Å². The fourth-order valence-corrected chi connectivity index (χ4v) is 2.45. The Balaban J connectivity index is 2.37. The number of nitrogens with zero attached hydrogens (tertiary/aromatic N) is 1. The van der Waals surface area contributed by atoms with Gasteiger partial charge < -0.3 is 4.74 Å². The molecule has 2 rings (SSSR count). The summed E-state index contributed by atoms with van der Waals surface area (Å²) in [5, 5.41) is 11.2. The predicted octanol–water partition coefficient (Wildman–Crippen LogP) is 3.95. The molecule has 2 aromatic rings. The number of esters is 1. The molecule has 0 heterocycles. The molecule has 0 bridgehead atoms. The molecule has 0 amide bonds. The van der Waals surface area contributed by atoms with Crippen LogP contribution >= 0.6 is 0 Å². The van der Waals surface area contributed by atoms with E-state index < -0.39 is 16.8 Å². The normalized spacial score (nSPS) is 11.5. The Hall–Kier alpha value is -2.95. The SMILES string of the molecule is C=C(C[C@H](C(=O)OC)c1ccccc1[N+](=O)[O-])c1ccccc1. The average molecular weight is 311 g/mol. The van der Waals surface area contributed by atoms with Gasteiger partial charge in [0.05, 0.1) is 18.0 Å². The molecule has 23 heavy (non-hydrogen) atoms. The number of carbonyl (C=O) groups excluding carboxylic acids is 1. The van der Waals surface area contributed by atoms with E-state index in [1.165, 1.54) is 13.2 Å². The zero-order chi connectivity index (χ0) is 16.8. The van der Waals surface area contributed by atoms with Crippen molar-refractivity contribution in [1.29, 1.82) is 0 Å². The van der Waals surface area contributed by atoms with E-state index in [0.717, 1.165) is 11.1 Å². The first kappa shape index (κ1) is 16.4. The van der Waals surface area contributed by atoms with Crippen molar-refractivity contribution in [2.24, 2.45) is 0 Å². The lowest BCUT2D eigenvalue weighted by Crippen LogP contribution is -2.16. The van der Waals surface area contributed by atoms with Crippen LogP contribution in [-0.4, -0.2) is 18.0 Å². The number of rotatable bonds is 6. The molecule has 0 unspecified atom stereocenters. The predicted molar refractivity (Wildman–Crippen MR) is 87.9 cm³/mol. The van der Waals surface area contributed by atoms with Crippen molar-refractivity contribution in [2.75, 3.05) is 7.11 Å². The van der Waals surface area contributed by atoms with Crippen molar-refractivity contribution in [3.05, 3.63) is 82.4 Å². The van der Waals surface area contributed by atoms with Crippen molar-refractivity contribution in [3.8, 4) is 0 Å². The number of nitro groups is 1. The van der Waals surface area contributed by atoms with Crippen LogP contribution in [0, 0.1) is 10.1 Å². The van der Waals surface area contributed by atoms with Crippen LogP contribution in [0.1, 0.15) is 23.5 Å². The third-order valence-corrected chi connectivity index (χ3v) is 3.63. The Kier molecular flexibility index (Phi) is 5.25. The van der Waals surface area contributed by atoms with Gasteiger partial charge in [0, 0.05) is 11.6 Å². The number of benzene rings is 2. The molecule has 0 fully saturated rings. The molecule has 0 radical (unpaired) electrons. The molecule has 2 aromatic carbocycles. The van der Waals surface area contributed by atoms with Gasteiger partial charge in [-0.2, -0.15) is 0 Å². The van der Waals surface area contributed by atoms with E-state index in [0.29, 0.717) is 5.56 Å². The Morgan fingerprint density at radius 1 is 1.17 bits per heavy atom. The maximum Gasteiger partial charge on any atom is 0.313 e. The molecule has 0 aliphatic carbocycles. The maximum absolute atomic E-state index is 12.2. The van der Waals surface area contributed by atoms with Crippen LogP contribution in [0.4, 0.5) is 5.69 Å². The van der Waals surface area contributed by atoms with Crippen molar-refractivity contribution < 1.29 is 14.5 Å². The van der Waals surface area contributed by atoms with E-state index in [-0.39, 0.29) is 12.1 Å². The molecule has 118 valence electrons. The van der Waals surface area contributed by atoms with E-state index in [1.54, 1.807) is 18.2 Å². The summed E-state index contributed by atoms with van der Waals surface area (Å²) < 4.78 is 4.84. The topological polar surface area (TPSA) is 69.4 Å². The summed E-state index contributed by atoms with van der Waals surface area (Å²) in [5.74, 6) is -1.29. The summed E-state index contributed by atoms with van der Waals surface area (Å²) >= 11 is 0. The van der Waals surface area contributed by atoms with Gasteiger partial charge in [0.25, 0.3) is 5.69 Å².